The molecule has 1 heterocycles. The van der Waals surface area contributed by atoms with Gasteiger partial charge in [-0.05, 0) is 49.8 Å². The minimum Gasteiger partial charge on any atom is -0.468 e. The molecule has 0 saturated heterocycles. The Labute approximate surface area is 116 Å². The maximum absolute atomic E-state index is 10.2. The molecule has 0 aliphatic heterocycles. The summed E-state index contributed by atoms with van der Waals surface area (Å²) in [6.45, 7) is 7.27. The number of aliphatic hydroxyl groups is 1. The number of hydrogen-bond acceptors (Lipinski definition) is 3. The van der Waals surface area contributed by atoms with Gasteiger partial charge in [0.15, 0.2) is 0 Å². The standard InChI is InChI=1S/C16H27NO2/c1-3-13-7-8-16(18)14(10-13)11-17(4-2)12-15-6-5-9-19-15/h5-6,9,13-14,16,18H,3-4,7-8,10-12H2,1-2H3. The van der Waals surface area contributed by atoms with Crippen LogP contribution in [0.4, 0.5) is 0 Å². The van der Waals surface area contributed by atoms with Crippen molar-refractivity contribution in [3.05, 3.63) is 24.2 Å². The van der Waals surface area contributed by atoms with Gasteiger partial charge in [-0.2, -0.15) is 0 Å². The summed E-state index contributed by atoms with van der Waals surface area (Å²) in [5.74, 6) is 2.24. The van der Waals surface area contributed by atoms with Crippen molar-refractivity contribution in [2.24, 2.45) is 11.8 Å². The van der Waals surface area contributed by atoms with E-state index in [9.17, 15) is 5.11 Å². The molecule has 1 N–H and O–H groups in total. The Kier molecular flexibility index (Phi) is 5.46. The lowest BCUT2D eigenvalue weighted by molar-refractivity contribution is 0.0251. The molecule has 108 valence electrons. The van der Waals surface area contributed by atoms with Crippen LogP contribution in [-0.2, 0) is 6.54 Å². The minimum atomic E-state index is -0.117. The zero-order chi connectivity index (χ0) is 13.7. The van der Waals surface area contributed by atoms with Crippen LogP contribution in [0.5, 0.6) is 0 Å². The lowest BCUT2D eigenvalue weighted by Crippen LogP contribution is -2.38. The summed E-state index contributed by atoms with van der Waals surface area (Å²) in [4.78, 5) is 2.38. The number of aliphatic hydroxyl groups excluding tert-OH is 1. The number of nitrogens with zero attached hydrogens (tertiary/aromatic N) is 1. The molecule has 1 fully saturated rings. The van der Waals surface area contributed by atoms with E-state index in [4.69, 9.17) is 4.42 Å². The van der Waals surface area contributed by atoms with E-state index >= 15 is 0 Å². The van der Waals surface area contributed by atoms with E-state index in [1.54, 1.807) is 6.26 Å². The number of hydrogen-bond donors (Lipinski definition) is 1. The molecule has 0 bridgehead atoms. The van der Waals surface area contributed by atoms with Crippen LogP contribution in [0.15, 0.2) is 22.8 Å². The molecule has 1 aromatic heterocycles. The van der Waals surface area contributed by atoms with Gasteiger partial charge in [-0.15, -0.1) is 0 Å². The fourth-order valence-corrected chi connectivity index (χ4v) is 3.17. The van der Waals surface area contributed by atoms with Gasteiger partial charge in [-0.3, -0.25) is 4.90 Å². The number of furan rings is 1. The molecule has 3 heteroatoms. The highest BCUT2D eigenvalue weighted by molar-refractivity contribution is 4.98. The summed E-state index contributed by atoms with van der Waals surface area (Å²) >= 11 is 0. The molecule has 3 unspecified atom stereocenters. The Bertz CT molecular complexity index is 350. The van der Waals surface area contributed by atoms with Gasteiger partial charge in [-0.1, -0.05) is 20.3 Å². The van der Waals surface area contributed by atoms with Gasteiger partial charge in [0.25, 0.3) is 0 Å². The topological polar surface area (TPSA) is 36.6 Å². The predicted octanol–water partition coefficient (Wildman–Crippen LogP) is 3.29. The normalized spacial score (nSPS) is 27.9. The lowest BCUT2D eigenvalue weighted by Gasteiger charge is -2.36. The van der Waals surface area contributed by atoms with Crippen molar-refractivity contribution in [2.75, 3.05) is 13.1 Å². The van der Waals surface area contributed by atoms with Crippen LogP contribution in [0.3, 0.4) is 0 Å². The molecule has 1 aromatic rings. The third kappa shape index (κ3) is 4.08. The predicted molar refractivity (Wildman–Crippen MR) is 76.8 cm³/mol. The monoisotopic (exact) mass is 265 g/mol. The number of rotatable bonds is 6. The first-order chi connectivity index (χ1) is 9.22. The van der Waals surface area contributed by atoms with Gasteiger partial charge < -0.3 is 9.52 Å². The van der Waals surface area contributed by atoms with Crippen molar-refractivity contribution in [3.63, 3.8) is 0 Å². The summed E-state index contributed by atoms with van der Waals surface area (Å²) in [5, 5.41) is 10.2. The first-order valence-corrected chi connectivity index (χ1v) is 7.65. The first-order valence-electron chi connectivity index (χ1n) is 7.65. The highest BCUT2D eigenvalue weighted by Gasteiger charge is 2.29. The van der Waals surface area contributed by atoms with E-state index in [-0.39, 0.29) is 6.10 Å². The molecule has 1 saturated carbocycles. The van der Waals surface area contributed by atoms with Gasteiger partial charge in [0.1, 0.15) is 5.76 Å². The third-order valence-corrected chi connectivity index (χ3v) is 4.53. The van der Waals surface area contributed by atoms with Crippen LogP contribution in [0.1, 0.15) is 45.3 Å². The van der Waals surface area contributed by atoms with Gasteiger partial charge in [0.05, 0.1) is 18.9 Å². The zero-order valence-electron chi connectivity index (χ0n) is 12.2. The van der Waals surface area contributed by atoms with Gasteiger partial charge in [0, 0.05) is 6.54 Å². The molecule has 0 amide bonds. The summed E-state index contributed by atoms with van der Waals surface area (Å²) in [6, 6.07) is 3.96. The molecule has 1 aliphatic carbocycles. The molecule has 0 radical (unpaired) electrons. The van der Waals surface area contributed by atoms with E-state index in [0.717, 1.165) is 37.7 Å². The van der Waals surface area contributed by atoms with Crippen LogP contribution >= 0.6 is 0 Å². The SMILES string of the molecule is CCC1CCC(O)C(CN(CC)Cc2ccco2)C1. The minimum absolute atomic E-state index is 0.117. The van der Waals surface area contributed by atoms with Gasteiger partial charge >= 0.3 is 0 Å². The first kappa shape index (κ1) is 14.6. The summed E-state index contributed by atoms with van der Waals surface area (Å²) in [5.41, 5.74) is 0. The maximum Gasteiger partial charge on any atom is 0.117 e. The Balaban J connectivity index is 1.89. The second-order valence-corrected chi connectivity index (χ2v) is 5.82. The molecule has 0 spiro atoms. The Morgan fingerprint density at radius 1 is 1.37 bits per heavy atom. The van der Waals surface area contributed by atoms with Crippen molar-refractivity contribution in [2.45, 2.75) is 52.2 Å². The molecule has 1 aliphatic rings. The average molecular weight is 265 g/mol. The van der Waals surface area contributed by atoms with Crippen molar-refractivity contribution in [1.82, 2.24) is 4.90 Å². The second kappa shape index (κ2) is 7.11. The molecule has 3 nitrogen and oxygen atoms in total. The quantitative estimate of drug-likeness (QED) is 0.857. The fraction of sp³-hybridized carbons (Fsp3) is 0.750. The van der Waals surface area contributed by atoms with E-state index < -0.39 is 0 Å². The van der Waals surface area contributed by atoms with E-state index in [1.807, 2.05) is 12.1 Å². The fourth-order valence-electron chi connectivity index (χ4n) is 3.17. The molecule has 2 rings (SSSR count). The molecule has 3 atom stereocenters. The van der Waals surface area contributed by atoms with Crippen LogP contribution < -0.4 is 0 Å². The van der Waals surface area contributed by atoms with E-state index in [1.165, 1.54) is 19.3 Å². The van der Waals surface area contributed by atoms with Gasteiger partial charge in [-0.25, -0.2) is 0 Å². The zero-order valence-corrected chi connectivity index (χ0v) is 12.2. The lowest BCUT2D eigenvalue weighted by atomic mass is 9.78. The van der Waals surface area contributed by atoms with Crippen LogP contribution in [0.25, 0.3) is 0 Å². The molecule has 0 aromatic carbocycles. The smallest absolute Gasteiger partial charge is 0.117 e. The highest BCUT2D eigenvalue weighted by Crippen LogP contribution is 2.32. The second-order valence-electron chi connectivity index (χ2n) is 5.82. The summed E-state index contributed by atoms with van der Waals surface area (Å²) in [6.07, 6.45) is 6.19. The highest BCUT2D eigenvalue weighted by atomic mass is 16.3. The van der Waals surface area contributed by atoms with E-state index in [2.05, 4.69) is 18.7 Å². The molecular formula is C16H27NO2. The van der Waals surface area contributed by atoms with Crippen LogP contribution in [0.2, 0.25) is 0 Å². The van der Waals surface area contributed by atoms with Crippen LogP contribution in [0, 0.1) is 11.8 Å². The van der Waals surface area contributed by atoms with Crippen molar-refractivity contribution >= 4 is 0 Å². The van der Waals surface area contributed by atoms with Crippen molar-refractivity contribution < 1.29 is 9.52 Å². The van der Waals surface area contributed by atoms with Gasteiger partial charge in [0.2, 0.25) is 0 Å². The molecular weight excluding hydrogens is 238 g/mol. The average Bonchev–Trinajstić information content (AvgIpc) is 2.93. The third-order valence-electron chi connectivity index (χ3n) is 4.53. The Morgan fingerprint density at radius 2 is 2.21 bits per heavy atom. The molecule has 19 heavy (non-hydrogen) atoms. The largest absolute Gasteiger partial charge is 0.468 e. The summed E-state index contributed by atoms with van der Waals surface area (Å²) < 4.78 is 5.42. The van der Waals surface area contributed by atoms with E-state index in [0.29, 0.717) is 5.92 Å². The Hall–Kier alpha value is -0.800. The van der Waals surface area contributed by atoms with Crippen molar-refractivity contribution in [1.29, 1.82) is 0 Å². The summed E-state index contributed by atoms with van der Waals surface area (Å²) in [7, 11) is 0. The Morgan fingerprint density at radius 3 is 2.84 bits per heavy atom. The van der Waals surface area contributed by atoms with Crippen molar-refractivity contribution in [3.8, 4) is 0 Å². The maximum atomic E-state index is 10.2. The van der Waals surface area contributed by atoms with Crippen LogP contribution in [-0.4, -0.2) is 29.2 Å².